The molecule has 0 spiro atoms. The van der Waals surface area contributed by atoms with Gasteiger partial charge in [-0.25, -0.2) is 14.6 Å². The first-order valence-corrected chi connectivity index (χ1v) is 9.94. The predicted molar refractivity (Wildman–Crippen MR) is 114 cm³/mol. The van der Waals surface area contributed by atoms with E-state index in [0.717, 1.165) is 16.6 Å². The van der Waals surface area contributed by atoms with Crippen LogP contribution in [0.15, 0.2) is 32.3 Å². The number of halogens is 3. The molecule has 186 valence electrons. The number of aromatic nitrogens is 5. The Balaban J connectivity index is 0.000000429. The van der Waals surface area contributed by atoms with Crippen LogP contribution in [-0.2, 0) is 17.9 Å². The summed E-state index contributed by atoms with van der Waals surface area (Å²) in [6, 6.07) is 5.31. The molecule has 0 saturated carbocycles. The van der Waals surface area contributed by atoms with Crippen molar-refractivity contribution in [2.45, 2.75) is 33.1 Å². The quantitative estimate of drug-likeness (QED) is 0.233. The maximum absolute atomic E-state index is 12.2. The average molecular weight is 496 g/mol. The first-order chi connectivity index (χ1) is 16.4. The van der Waals surface area contributed by atoms with Gasteiger partial charge in [-0.15, -0.1) is 0 Å². The largest absolute Gasteiger partial charge is 0.491 e. The van der Waals surface area contributed by atoms with E-state index in [1.807, 2.05) is 30.5 Å². The number of H-pyrrole nitrogens is 1. The minimum absolute atomic E-state index is 0.121. The van der Waals surface area contributed by atoms with E-state index in [9.17, 15) is 27.9 Å². The van der Waals surface area contributed by atoms with Crippen molar-refractivity contribution in [2.24, 2.45) is 0 Å². The zero-order chi connectivity index (χ0) is 25.9. The fourth-order valence-electron chi connectivity index (χ4n) is 3.06. The van der Waals surface area contributed by atoms with Crippen LogP contribution in [0.3, 0.4) is 0 Å². The van der Waals surface area contributed by atoms with Crippen molar-refractivity contribution < 1.29 is 32.7 Å². The molecular weight excluding hydrogens is 477 g/mol. The van der Waals surface area contributed by atoms with E-state index in [1.54, 1.807) is 0 Å². The van der Waals surface area contributed by atoms with Crippen molar-refractivity contribution in [3.63, 3.8) is 0 Å². The van der Waals surface area contributed by atoms with Gasteiger partial charge in [0.25, 0.3) is 11.4 Å². The molecule has 35 heavy (non-hydrogen) atoms. The van der Waals surface area contributed by atoms with Crippen LogP contribution < -0.4 is 16.6 Å². The lowest BCUT2D eigenvalue weighted by Crippen LogP contribution is -2.30. The van der Waals surface area contributed by atoms with Gasteiger partial charge in [-0.3, -0.25) is 9.78 Å². The Morgan fingerprint density at radius 1 is 1.17 bits per heavy atom. The number of hydrogen-bond donors (Lipinski definition) is 4. The minimum atomic E-state index is -5.08. The highest BCUT2D eigenvalue weighted by Gasteiger charge is 2.38. The number of carboxylic acid groups (broad SMARTS) is 1. The molecule has 4 rings (SSSR count). The van der Waals surface area contributed by atoms with Gasteiger partial charge in [0.2, 0.25) is 0 Å². The van der Waals surface area contributed by atoms with Crippen LogP contribution in [0.4, 0.5) is 13.2 Å². The molecule has 12 nitrogen and oxygen atoms in total. The SMILES string of the molecule is Cc1cc2nc3c(=O)[nH]c(=O)nc-3n(CCNCc3cc(O)no3)c2cc1C.O=C(O)C(F)(F)F. The number of hydrogen-bond acceptors (Lipinski definition) is 9. The summed E-state index contributed by atoms with van der Waals surface area (Å²) in [6.07, 6.45) is -5.08. The summed E-state index contributed by atoms with van der Waals surface area (Å²) in [5.74, 6) is -2.19. The Morgan fingerprint density at radius 3 is 2.43 bits per heavy atom. The smallest absolute Gasteiger partial charge is 0.490 e. The Bertz CT molecular complexity index is 1460. The predicted octanol–water partition coefficient (Wildman–Crippen LogP) is 1.32. The van der Waals surface area contributed by atoms with Crippen LogP contribution in [0.5, 0.6) is 5.88 Å². The van der Waals surface area contributed by atoms with Crippen molar-refractivity contribution in [3.8, 4) is 17.4 Å². The number of carbonyl (C=O) groups is 1. The van der Waals surface area contributed by atoms with E-state index in [1.165, 1.54) is 6.07 Å². The highest BCUT2D eigenvalue weighted by atomic mass is 19.4. The summed E-state index contributed by atoms with van der Waals surface area (Å²) in [5, 5.41) is 22.9. The lowest BCUT2D eigenvalue weighted by atomic mass is 10.1. The van der Waals surface area contributed by atoms with E-state index in [4.69, 9.17) is 14.4 Å². The van der Waals surface area contributed by atoms with E-state index >= 15 is 0 Å². The van der Waals surface area contributed by atoms with Crippen LogP contribution in [0.25, 0.3) is 22.6 Å². The molecule has 2 aromatic rings. The van der Waals surface area contributed by atoms with E-state index < -0.39 is 23.4 Å². The van der Waals surface area contributed by atoms with Crippen LogP contribution >= 0.6 is 0 Å². The summed E-state index contributed by atoms with van der Waals surface area (Å²) in [5.41, 5.74) is 2.42. The van der Waals surface area contributed by atoms with Gasteiger partial charge < -0.3 is 24.6 Å². The zero-order valence-corrected chi connectivity index (χ0v) is 18.3. The second-order valence-corrected chi connectivity index (χ2v) is 7.36. The third kappa shape index (κ3) is 6.00. The van der Waals surface area contributed by atoms with Crippen molar-refractivity contribution in [1.29, 1.82) is 0 Å². The van der Waals surface area contributed by atoms with Gasteiger partial charge in [0.05, 0.1) is 17.6 Å². The summed E-state index contributed by atoms with van der Waals surface area (Å²) < 4.78 is 38.5. The monoisotopic (exact) mass is 496 g/mol. The lowest BCUT2D eigenvalue weighted by Gasteiger charge is -2.17. The number of aliphatic carboxylic acids is 1. The molecule has 0 unspecified atom stereocenters. The number of aryl methyl sites for hydroxylation is 2. The Labute approximate surface area is 193 Å². The first kappa shape index (κ1) is 25.4. The molecular formula is C20H19F3N6O6. The number of aromatic amines is 1. The van der Waals surface area contributed by atoms with Gasteiger partial charge in [-0.2, -0.15) is 18.2 Å². The van der Waals surface area contributed by atoms with E-state index in [-0.39, 0.29) is 17.4 Å². The molecule has 0 atom stereocenters. The number of benzene rings is 1. The Kier molecular flexibility index (Phi) is 7.19. The number of fused-ring (bicyclic) bond motifs is 2. The molecule has 0 aliphatic carbocycles. The number of nitrogens with one attached hydrogen (secondary N) is 2. The summed E-state index contributed by atoms with van der Waals surface area (Å²) >= 11 is 0. The Hall–Kier alpha value is -4.27. The molecule has 0 bridgehead atoms. The molecule has 3 heterocycles. The fourth-order valence-corrected chi connectivity index (χ4v) is 3.06. The second-order valence-electron chi connectivity index (χ2n) is 7.36. The number of alkyl halides is 3. The Morgan fingerprint density at radius 2 is 1.83 bits per heavy atom. The van der Waals surface area contributed by atoms with Crippen molar-refractivity contribution in [3.05, 3.63) is 55.9 Å². The molecule has 2 aliphatic heterocycles. The third-order valence-electron chi connectivity index (χ3n) is 4.82. The van der Waals surface area contributed by atoms with Gasteiger partial charge >= 0.3 is 17.8 Å². The molecule has 0 saturated heterocycles. The molecule has 0 radical (unpaired) electrons. The highest BCUT2D eigenvalue weighted by Crippen LogP contribution is 2.23. The maximum Gasteiger partial charge on any atom is 0.490 e. The number of rotatable bonds is 5. The minimum Gasteiger partial charge on any atom is -0.491 e. The van der Waals surface area contributed by atoms with Gasteiger partial charge in [-0.1, -0.05) is 0 Å². The van der Waals surface area contributed by atoms with E-state index in [0.29, 0.717) is 30.9 Å². The maximum atomic E-state index is 12.2. The van der Waals surface area contributed by atoms with Gasteiger partial charge in [0.1, 0.15) is 0 Å². The molecule has 0 fully saturated rings. The molecule has 15 heteroatoms. The van der Waals surface area contributed by atoms with Crippen LogP contribution in [0.2, 0.25) is 0 Å². The molecule has 1 aromatic heterocycles. The molecule has 2 aliphatic rings. The summed E-state index contributed by atoms with van der Waals surface area (Å²) in [7, 11) is 0. The van der Waals surface area contributed by atoms with Crippen LogP contribution in [0.1, 0.15) is 16.9 Å². The zero-order valence-electron chi connectivity index (χ0n) is 18.3. The highest BCUT2D eigenvalue weighted by molar-refractivity contribution is 5.81. The van der Waals surface area contributed by atoms with Crippen molar-refractivity contribution in [2.75, 3.05) is 6.54 Å². The van der Waals surface area contributed by atoms with Crippen molar-refractivity contribution in [1.82, 2.24) is 30.0 Å². The van der Waals surface area contributed by atoms with E-state index in [2.05, 4.69) is 25.4 Å². The lowest BCUT2D eigenvalue weighted by molar-refractivity contribution is -0.192. The summed E-state index contributed by atoms with van der Waals surface area (Å²) in [4.78, 5) is 43.5. The van der Waals surface area contributed by atoms with Gasteiger partial charge in [0, 0.05) is 19.2 Å². The molecule has 1 aromatic carbocycles. The standard InChI is InChI=1S/C18H18N6O4.C2HF3O2/c1-9-5-12-13(6-10(9)2)24(4-3-19-8-11-7-14(25)23-28-11)16-15(20-12)17(26)22-18(27)21-16;3-2(4,5)1(6)7/h5-7,19H,3-4,8H2,1-2H3,(H,23,25)(H,22,26,27);(H,6,7). The summed E-state index contributed by atoms with van der Waals surface area (Å²) in [6.45, 7) is 5.27. The second kappa shape index (κ2) is 9.92. The van der Waals surface area contributed by atoms with Crippen molar-refractivity contribution >= 4 is 17.0 Å². The molecule has 0 amide bonds. The first-order valence-electron chi connectivity index (χ1n) is 9.94. The fraction of sp³-hybridized carbons (Fsp3) is 0.300. The normalized spacial score (nSPS) is 11.5. The van der Waals surface area contributed by atoms with Gasteiger partial charge in [-0.05, 0) is 42.3 Å². The van der Waals surface area contributed by atoms with Crippen LogP contribution in [0, 0.1) is 13.8 Å². The average Bonchev–Trinajstić information content (AvgIpc) is 3.17. The van der Waals surface area contributed by atoms with Crippen LogP contribution in [-0.4, -0.2) is 53.6 Å². The number of nitrogens with zero attached hydrogens (tertiary/aromatic N) is 4. The number of aromatic hydroxyl groups is 1. The van der Waals surface area contributed by atoms with Gasteiger partial charge in [0.15, 0.2) is 17.3 Å². The topological polar surface area (TPSA) is 176 Å². The molecule has 4 N–H and O–H groups in total. The number of carboxylic acids is 1. The third-order valence-corrected chi connectivity index (χ3v) is 4.82.